The summed E-state index contributed by atoms with van der Waals surface area (Å²) in [5.41, 5.74) is 0. The lowest BCUT2D eigenvalue weighted by Gasteiger charge is -2.26. The minimum Gasteiger partial charge on any atom is -0.545 e. The van der Waals surface area contributed by atoms with Gasteiger partial charge in [-0.3, -0.25) is 9.59 Å². The van der Waals surface area contributed by atoms with Gasteiger partial charge in [0, 0.05) is 12.8 Å². The van der Waals surface area contributed by atoms with Gasteiger partial charge in [0.1, 0.15) is 13.2 Å². The highest BCUT2D eigenvalue weighted by molar-refractivity contribution is 5.70. The van der Waals surface area contributed by atoms with Gasteiger partial charge in [0.25, 0.3) is 0 Å². The van der Waals surface area contributed by atoms with Crippen molar-refractivity contribution in [3.8, 4) is 0 Å². The normalized spacial score (nSPS) is 13.3. The summed E-state index contributed by atoms with van der Waals surface area (Å²) in [6.45, 7) is 4.57. The molecule has 0 aliphatic rings. The largest absolute Gasteiger partial charge is 0.545 e. The van der Waals surface area contributed by atoms with Gasteiger partial charge in [-0.25, -0.2) is 0 Å². The summed E-state index contributed by atoms with van der Waals surface area (Å²) in [6, 6.07) is 0. The molecule has 0 fully saturated rings. The molecule has 0 heterocycles. The van der Waals surface area contributed by atoms with E-state index in [1.165, 1.54) is 19.3 Å². The van der Waals surface area contributed by atoms with Crippen molar-refractivity contribution in [1.29, 1.82) is 0 Å². The highest BCUT2D eigenvalue weighted by atomic mass is 16.7. The van der Waals surface area contributed by atoms with E-state index in [1.807, 2.05) is 21.1 Å². The molecule has 0 rings (SSSR count). The Labute approximate surface area is 255 Å². The van der Waals surface area contributed by atoms with Gasteiger partial charge in [0.2, 0.25) is 0 Å². The van der Waals surface area contributed by atoms with Crippen LogP contribution in [0.2, 0.25) is 0 Å². The highest BCUT2D eigenvalue weighted by Gasteiger charge is 2.21. The number of hydrogen-bond acceptors (Lipinski definition) is 8. The van der Waals surface area contributed by atoms with Crippen molar-refractivity contribution < 1.29 is 42.9 Å². The van der Waals surface area contributed by atoms with Crippen molar-refractivity contribution in [3.63, 3.8) is 0 Å². The summed E-state index contributed by atoms with van der Waals surface area (Å²) in [7, 11) is 5.87. The summed E-state index contributed by atoms with van der Waals surface area (Å²) >= 11 is 0. The van der Waals surface area contributed by atoms with E-state index in [1.54, 1.807) is 0 Å². The van der Waals surface area contributed by atoms with Crippen LogP contribution in [0.4, 0.5) is 0 Å². The first-order valence-corrected chi connectivity index (χ1v) is 16.3. The topological polar surface area (TPSA) is 111 Å². The zero-order chi connectivity index (χ0) is 31.5. The van der Waals surface area contributed by atoms with E-state index in [2.05, 4.69) is 26.0 Å². The molecule has 2 unspecified atom stereocenters. The summed E-state index contributed by atoms with van der Waals surface area (Å²) in [6.07, 6.45) is 18.6. The lowest BCUT2D eigenvalue weighted by atomic mass is 10.1. The van der Waals surface area contributed by atoms with Crippen LogP contribution >= 0.6 is 0 Å². The first-order chi connectivity index (χ1) is 20.1. The first kappa shape index (κ1) is 40.0. The Hall–Kier alpha value is -1.97. The molecule has 0 radical (unpaired) electrons. The van der Waals surface area contributed by atoms with Crippen LogP contribution in [0.1, 0.15) is 123 Å². The zero-order valence-electron chi connectivity index (χ0n) is 27.4. The third-order valence-electron chi connectivity index (χ3n) is 6.76. The number of carbonyl (C=O) groups excluding carboxylic acids is 3. The molecule has 0 aromatic heterocycles. The predicted octanol–water partition coefficient (Wildman–Crippen LogP) is 5.48. The number of esters is 2. The van der Waals surface area contributed by atoms with Crippen LogP contribution < -0.4 is 5.11 Å². The van der Waals surface area contributed by atoms with Crippen molar-refractivity contribution in [2.24, 2.45) is 0 Å². The van der Waals surface area contributed by atoms with Gasteiger partial charge < -0.3 is 33.3 Å². The quantitative estimate of drug-likeness (QED) is 0.0365. The fraction of sp³-hybridized carbons (Fsp3) is 0.848. The molecular formula is C33H61NO8. The second-order valence-corrected chi connectivity index (χ2v) is 12.1. The minimum absolute atomic E-state index is 0.148. The van der Waals surface area contributed by atoms with E-state index in [0.29, 0.717) is 17.4 Å². The lowest BCUT2D eigenvalue weighted by Crippen LogP contribution is -2.44. The van der Waals surface area contributed by atoms with Crippen LogP contribution in [-0.2, 0) is 33.3 Å². The molecular weight excluding hydrogens is 538 g/mol. The van der Waals surface area contributed by atoms with Gasteiger partial charge in [-0.15, -0.1) is 0 Å². The maximum Gasteiger partial charge on any atom is 0.306 e. The fourth-order valence-electron chi connectivity index (χ4n) is 4.11. The number of rotatable bonds is 29. The van der Waals surface area contributed by atoms with Crippen LogP contribution in [-0.4, -0.2) is 82.3 Å². The second-order valence-electron chi connectivity index (χ2n) is 12.1. The molecule has 9 nitrogen and oxygen atoms in total. The Kier molecular flexibility index (Phi) is 25.4. The minimum atomic E-state index is -1.61. The van der Waals surface area contributed by atoms with Gasteiger partial charge in [-0.05, 0) is 38.5 Å². The molecule has 0 spiro atoms. The summed E-state index contributed by atoms with van der Waals surface area (Å²) in [5, 5.41) is 11.5. The average molecular weight is 600 g/mol. The third kappa shape index (κ3) is 26.9. The maximum atomic E-state index is 12.5. The number of carboxylic acid groups (broad SMARTS) is 1. The van der Waals surface area contributed by atoms with E-state index in [0.717, 1.165) is 70.6 Å². The number of hydrogen-bond donors (Lipinski definition) is 0. The maximum absolute atomic E-state index is 12.5. The van der Waals surface area contributed by atoms with E-state index < -0.39 is 24.3 Å². The van der Waals surface area contributed by atoms with Crippen molar-refractivity contribution in [2.45, 2.75) is 135 Å². The summed E-state index contributed by atoms with van der Waals surface area (Å²) in [5.74, 6) is -2.32. The van der Waals surface area contributed by atoms with Crippen molar-refractivity contribution >= 4 is 17.9 Å². The number of carbonyl (C=O) groups is 3. The molecule has 0 aliphatic carbocycles. The van der Waals surface area contributed by atoms with Gasteiger partial charge in [-0.1, -0.05) is 83.8 Å². The van der Waals surface area contributed by atoms with Crippen molar-refractivity contribution in [3.05, 3.63) is 12.2 Å². The Morgan fingerprint density at radius 2 is 1.21 bits per heavy atom. The van der Waals surface area contributed by atoms with Crippen LogP contribution in [0.15, 0.2) is 12.2 Å². The smallest absolute Gasteiger partial charge is 0.306 e. The van der Waals surface area contributed by atoms with Gasteiger partial charge in [0.05, 0.1) is 40.3 Å². The Morgan fingerprint density at radius 3 is 1.81 bits per heavy atom. The third-order valence-corrected chi connectivity index (χ3v) is 6.76. The number of quaternary nitrogens is 1. The lowest BCUT2D eigenvalue weighted by molar-refractivity contribution is -0.870. The molecule has 0 aromatic carbocycles. The van der Waals surface area contributed by atoms with Crippen LogP contribution in [0.5, 0.6) is 0 Å². The van der Waals surface area contributed by atoms with E-state index in [4.69, 9.17) is 18.9 Å². The molecule has 0 bridgehead atoms. The van der Waals surface area contributed by atoms with Crippen LogP contribution in [0.3, 0.4) is 0 Å². The molecule has 0 aliphatic heterocycles. The number of carboxylic acids is 1. The Balaban J connectivity index is 4.59. The Morgan fingerprint density at radius 1 is 0.690 bits per heavy atom. The van der Waals surface area contributed by atoms with Gasteiger partial charge in [-0.2, -0.15) is 0 Å². The van der Waals surface area contributed by atoms with Crippen LogP contribution in [0, 0.1) is 0 Å². The van der Waals surface area contributed by atoms with E-state index >= 15 is 0 Å². The first-order valence-electron chi connectivity index (χ1n) is 16.3. The number of nitrogens with zero attached hydrogens (tertiary/aromatic N) is 1. The number of allylic oxidation sites excluding steroid dienone is 2. The molecule has 0 saturated heterocycles. The molecule has 42 heavy (non-hydrogen) atoms. The predicted molar refractivity (Wildman–Crippen MR) is 163 cm³/mol. The molecule has 9 heteroatoms. The molecule has 2 atom stereocenters. The van der Waals surface area contributed by atoms with Crippen molar-refractivity contribution in [1.82, 2.24) is 0 Å². The number of likely N-dealkylation sites (N-methyl/N-ethyl adjacent to an activating group) is 1. The average Bonchev–Trinajstić information content (AvgIpc) is 2.93. The molecule has 0 amide bonds. The Bertz CT molecular complexity index is 719. The summed E-state index contributed by atoms with van der Waals surface area (Å²) < 4.78 is 22.2. The molecule has 246 valence electrons. The van der Waals surface area contributed by atoms with Crippen molar-refractivity contribution in [2.75, 3.05) is 47.5 Å². The van der Waals surface area contributed by atoms with E-state index in [-0.39, 0.29) is 38.6 Å². The summed E-state index contributed by atoms with van der Waals surface area (Å²) in [4.78, 5) is 36.3. The molecule has 0 saturated carbocycles. The standard InChI is InChI=1S/C33H61NO8/c1-6-8-10-12-13-14-15-16-17-18-20-22-24-31(36)42-29(27-40-30(35)23-21-19-11-9-7-2)28-41-33(32(37)38)39-26-25-34(3,4)5/h13-14,29,33H,6-12,15-28H2,1-5H3/b14-13-. The fourth-order valence-corrected chi connectivity index (χ4v) is 4.11. The monoisotopic (exact) mass is 599 g/mol. The SMILES string of the molecule is CCCCC/C=C\CCCCCCCC(=O)OC(COC(=O)CCCCCCC)COC(OCC[N+](C)(C)C)C(=O)[O-]. The van der Waals surface area contributed by atoms with Gasteiger partial charge >= 0.3 is 11.9 Å². The zero-order valence-corrected chi connectivity index (χ0v) is 27.4. The molecule has 0 N–H and O–H groups in total. The van der Waals surface area contributed by atoms with Gasteiger partial charge in [0.15, 0.2) is 12.4 Å². The van der Waals surface area contributed by atoms with E-state index in [9.17, 15) is 19.5 Å². The number of aliphatic carboxylic acids is 1. The number of ether oxygens (including phenoxy) is 4. The highest BCUT2D eigenvalue weighted by Crippen LogP contribution is 2.11. The molecule has 0 aromatic rings. The number of unbranched alkanes of at least 4 members (excludes halogenated alkanes) is 12. The second kappa shape index (κ2) is 26.6. The van der Waals surface area contributed by atoms with Crippen LogP contribution in [0.25, 0.3) is 0 Å².